The summed E-state index contributed by atoms with van der Waals surface area (Å²) in [6, 6.07) is 5.05. The number of phenols is 2. The molecule has 1 aliphatic heterocycles. The van der Waals surface area contributed by atoms with Crippen molar-refractivity contribution in [2.45, 2.75) is 25.3 Å². The largest absolute Gasteiger partial charge is 0.508 e. The zero-order valence-corrected chi connectivity index (χ0v) is 8.03. The van der Waals surface area contributed by atoms with Crippen LogP contribution in [-0.2, 0) is 0 Å². The Morgan fingerprint density at radius 3 is 2.36 bits per heavy atom. The number of rotatable bonds is 1. The maximum Gasteiger partial charge on any atom is 0.119 e. The van der Waals surface area contributed by atoms with Gasteiger partial charge in [0.05, 0.1) is 0 Å². The van der Waals surface area contributed by atoms with Gasteiger partial charge in [0.25, 0.3) is 0 Å². The first-order chi connectivity index (χ1) is 6.75. The highest BCUT2D eigenvalue weighted by Gasteiger charge is 2.15. The minimum absolute atomic E-state index is 0.132. The van der Waals surface area contributed by atoms with Crippen molar-refractivity contribution < 1.29 is 10.2 Å². The molecule has 3 heteroatoms. The predicted octanol–water partition coefficient (Wildman–Crippen LogP) is 1.91. The SMILES string of the molecule is Oc1cc(O)cc([C@H]2CCCCN2)c1. The lowest BCUT2D eigenvalue weighted by Crippen LogP contribution is -2.26. The van der Waals surface area contributed by atoms with Crippen LogP contribution in [0.15, 0.2) is 18.2 Å². The Bertz CT molecular complexity index is 299. The highest BCUT2D eigenvalue weighted by Crippen LogP contribution is 2.29. The number of phenolic OH excluding ortho intramolecular Hbond substituents is 2. The summed E-state index contributed by atoms with van der Waals surface area (Å²) in [6.07, 6.45) is 3.48. The molecule has 2 rings (SSSR count). The third-order valence-electron chi connectivity index (χ3n) is 2.64. The van der Waals surface area contributed by atoms with Crippen LogP contribution in [0, 0.1) is 0 Å². The van der Waals surface area contributed by atoms with Crippen molar-refractivity contribution in [3.05, 3.63) is 23.8 Å². The summed E-state index contributed by atoms with van der Waals surface area (Å²) >= 11 is 0. The molecule has 1 atom stereocenters. The summed E-state index contributed by atoms with van der Waals surface area (Å²) < 4.78 is 0. The third kappa shape index (κ3) is 1.99. The molecule has 1 heterocycles. The molecule has 14 heavy (non-hydrogen) atoms. The fourth-order valence-corrected chi connectivity index (χ4v) is 1.96. The molecule has 76 valence electrons. The molecule has 0 spiro atoms. The minimum Gasteiger partial charge on any atom is -0.508 e. The lowest BCUT2D eigenvalue weighted by atomic mass is 9.97. The highest BCUT2D eigenvalue weighted by molar-refractivity contribution is 5.38. The van der Waals surface area contributed by atoms with Crippen molar-refractivity contribution in [1.82, 2.24) is 5.32 Å². The van der Waals surface area contributed by atoms with Gasteiger partial charge in [-0.1, -0.05) is 6.42 Å². The van der Waals surface area contributed by atoms with Crippen LogP contribution in [0.3, 0.4) is 0 Å². The van der Waals surface area contributed by atoms with Crippen LogP contribution in [0.25, 0.3) is 0 Å². The molecule has 0 amide bonds. The number of nitrogens with one attached hydrogen (secondary N) is 1. The summed E-state index contributed by atoms with van der Waals surface area (Å²) in [5.41, 5.74) is 0.974. The topological polar surface area (TPSA) is 52.5 Å². The lowest BCUT2D eigenvalue weighted by molar-refractivity contribution is 0.404. The van der Waals surface area contributed by atoms with E-state index in [-0.39, 0.29) is 17.5 Å². The molecule has 3 N–H and O–H groups in total. The second-order valence-corrected chi connectivity index (χ2v) is 3.79. The molecule has 0 saturated carbocycles. The Morgan fingerprint density at radius 1 is 1.07 bits per heavy atom. The molecular weight excluding hydrogens is 178 g/mol. The third-order valence-corrected chi connectivity index (χ3v) is 2.64. The molecule has 0 aromatic heterocycles. The van der Waals surface area contributed by atoms with Crippen LogP contribution in [0.1, 0.15) is 30.9 Å². The monoisotopic (exact) mass is 193 g/mol. The zero-order valence-electron chi connectivity index (χ0n) is 8.03. The Kier molecular flexibility index (Phi) is 2.59. The summed E-state index contributed by atoms with van der Waals surface area (Å²) in [5.74, 6) is 0.264. The number of benzene rings is 1. The number of piperidine rings is 1. The average molecular weight is 193 g/mol. The van der Waals surface area contributed by atoms with Crippen LogP contribution in [0.4, 0.5) is 0 Å². The predicted molar refractivity (Wildman–Crippen MR) is 54.4 cm³/mol. The molecule has 0 radical (unpaired) electrons. The molecule has 0 unspecified atom stereocenters. The standard InChI is InChI=1S/C11H15NO2/c13-9-5-8(6-10(14)7-9)11-3-1-2-4-12-11/h5-7,11-14H,1-4H2/t11-/m1/s1. The number of hydrogen-bond donors (Lipinski definition) is 3. The van der Waals surface area contributed by atoms with Gasteiger partial charge in [-0.2, -0.15) is 0 Å². The van der Waals surface area contributed by atoms with Crippen LogP contribution in [0.5, 0.6) is 11.5 Å². The lowest BCUT2D eigenvalue weighted by Gasteiger charge is -2.23. The van der Waals surface area contributed by atoms with Crippen molar-refractivity contribution in [2.24, 2.45) is 0 Å². The first kappa shape index (κ1) is 9.34. The van der Waals surface area contributed by atoms with E-state index in [1.165, 1.54) is 18.9 Å². The van der Waals surface area contributed by atoms with Gasteiger partial charge in [-0.3, -0.25) is 0 Å². The molecular formula is C11H15NO2. The summed E-state index contributed by atoms with van der Waals surface area (Å²) in [7, 11) is 0. The van der Waals surface area contributed by atoms with Crippen LogP contribution >= 0.6 is 0 Å². The van der Waals surface area contributed by atoms with E-state index in [0.29, 0.717) is 0 Å². The molecule has 1 aromatic carbocycles. The van der Waals surface area contributed by atoms with Crippen LogP contribution in [0.2, 0.25) is 0 Å². The maximum atomic E-state index is 9.34. The first-order valence-corrected chi connectivity index (χ1v) is 5.02. The van der Waals surface area contributed by atoms with Gasteiger partial charge in [0.1, 0.15) is 11.5 Å². The van der Waals surface area contributed by atoms with Crippen molar-refractivity contribution in [2.75, 3.05) is 6.54 Å². The maximum absolute atomic E-state index is 9.34. The Balaban J connectivity index is 2.21. The second kappa shape index (κ2) is 3.88. The van der Waals surface area contributed by atoms with E-state index in [0.717, 1.165) is 18.5 Å². The van der Waals surface area contributed by atoms with Crippen molar-refractivity contribution in [1.29, 1.82) is 0 Å². The fraction of sp³-hybridized carbons (Fsp3) is 0.455. The second-order valence-electron chi connectivity index (χ2n) is 3.79. The van der Waals surface area contributed by atoms with Crippen LogP contribution < -0.4 is 5.32 Å². The molecule has 1 aliphatic rings. The van der Waals surface area contributed by atoms with Gasteiger partial charge >= 0.3 is 0 Å². The van der Waals surface area contributed by atoms with Crippen LogP contribution in [-0.4, -0.2) is 16.8 Å². The molecule has 1 aromatic rings. The van der Waals surface area contributed by atoms with Gasteiger partial charge in [-0.05, 0) is 37.1 Å². The van der Waals surface area contributed by atoms with Gasteiger partial charge in [-0.15, -0.1) is 0 Å². The van der Waals surface area contributed by atoms with E-state index in [1.807, 2.05) is 0 Å². The average Bonchev–Trinajstić information content (AvgIpc) is 2.18. The van der Waals surface area contributed by atoms with Gasteiger partial charge in [0.15, 0.2) is 0 Å². The Hall–Kier alpha value is -1.22. The van der Waals surface area contributed by atoms with Crippen molar-refractivity contribution in [3.63, 3.8) is 0 Å². The van der Waals surface area contributed by atoms with Gasteiger partial charge in [-0.25, -0.2) is 0 Å². The minimum atomic E-state index is 0.132. The van der Waals surface area contributed by atoms with Gasteiger partial charge in [0, 0.05) is 12.1 Å². The van der Waals surface area contributed by atoms with E-state index >= 15 is 0 Å². The number of hydrogen-bond acceptors (Lipinski definition) is 3. The van der Waals surface area contributed by atoms with E-state index < -0.39 is 0 Å². The smallest absolute Gasteiger partial charge is 0.119 e. The molecule has 3 nitrogen and oxygen atoms in total. The molecule has 1 fully saturated rings. The number of aromatic hydroxyl groups is 2. The Morgan fingerprint density at radius 2 is 1.79 bits per heavy atom. The Labute approximate surface area is 83.4 Å². The molecule has 0 bridgehead atoms. The van der Waals surface area contributed by atoms with E-state index in [1.54, 1.807) is 12.1 Å². The first-order valence-electron chi connectivity index (χ1n) is 5.02. The summed E-state index contributed by atoms with van der Waals surface area (Å²) in [5, 5.41) is 22.0. The summed E-state index contributed by atoms with van der Waals surface area (Å²) in [4.78, 5) is 0. The van der Waals surface area contributed by atoms with E-state index in [2.05, 4.69) is 5.32 Å². The van der Waals surface area contributed by atoms with Crippen molar-refractivity contribution in [3.8, 4) is 11.5 Å². The normalized spacial score (nSPS) is 22.1. The summed E-state index contributed by atoms with van der Waals surface area (Å²) in [6.45, 7) is 1.01. The van der Waals surface area contributed by atoms with Gasteiger partial charge < -0.3 is 15.5 Å². The van der Waals surface area contributed by atoms with Gasteiger partial charge in [0.2, 0.25) is 0 Å². The van der Waals surface area contributed by atoms with E-state index in [9.17, 15) is 10.2 Å². The van der Waals surface area contributed by atoms with Crippen molar-refractivity contribution >= 4 is 0 Å². The fourth-order valence-electron chi connectivity index (χ4n) is 1.96. The highest BCUT2D eigenvalue weighted by atomic mass is 16.3. The quantitative estimate of drug-likeness (QED) is 0.638. The molecule has 1 saturated heterocycles. The van der Waals surface area contributed by atoms with E-state index in [4.69, 9.17) is 0 Å². The zero-order chi connectivity index (χ0) is 9.97. The molecule has 0 aliphatic carbocycles.